The monoisotopic (exact) mass is 393 g/mol. The van der Waals surface area contributed by atoms with Gasteiger partial charge in [0.15, 0.2) is 0 Å². The topological polar surface area (TPSA) is 99.5 Å². The fourth-order valence-corrected chi connectivity index (χ4v) is 2.80. The minimum atomic E-state index is -0.552. The van der Waals surface area contributed by atoms with E-state index in [2.05, 4.69) is 10.3 Å². The number of aromatic nitrogens is 2. The molecule has 1 N–H and O–H groups in total. The third-order valence-corrected chi connectivity index (χ3v) is 4.24. The highest BCUT2D eigenvalue weighted by molar-refractivity contribution is 6.04. The zero-order valence-electron chi connectivity index (χ0n) is 15.9. The molecule has 3 rings (SSSR count). The van der Waals surface area contributed by atoms with Crippen LogP contribution in [0.25, 0.3) is 11.4 Å². The first-order valence-electron chi connectivity index (χ1n) is 8.71. The number of benzene rings is 2. The van der Waals surface area contributed by atoms with E-state index in [1.54, 1.807) is 48.5 Å². The second kappa shape index (κ2) is 8.83. The van der Waals surface area contributed by atoms with Gasteiger partial charge >= 0.3 is 0 Å². The maximum absolute atomic E-state index is 12.9. The van der Waals surface area contributed by atoms with Gasteiger partial charge in [-0.15, -0.1) is 0 Å². The minimum Gasteiger partial charge on any atom is -0.497 e. The molecule has 0 aliphatic heterocycles. The van der Waals surface area contributed by atoms with E-state index in [0.717, 1.165) is 0 Å². The number of ether oxygens (including phenoxy) is 2. The molecule has 1 amide bonds. The Labute approximate surface area is 166 Å². The molecule has 1 heterocycles. The van der Waals surface area contributed by atoms with Gasteiger partial charge < -0.3 is 19.6 Å². The van der Waals surface area contributed by atoms with Gasteiger partial charge in [0.05, 0.1) is 32.5 Å². The first-order chi connectivity index (χ1) is 14.1. The fourth-order valence-electron chi connectivity index (χ4n) is 2.80. The van der Waals surface area contributed by atoms with Crippen LogP contribution in [0.5, 0.6) is 11.5 Å². The number of nitrogens with zero attached hydrogens (tertiary/aromatic N) is 2. The predicted octanol–water partition coefficient (Wildman–Crippen LogP) is 2.38. The lowest BCUT2D eigenvalue weighted by Crippen LogP contribution is -2.28. The molecular weight excluding hydrogens is 374 g/mol. The highest BCUT2D eigenvalue weighted by atomic mass is 16.5. The third-order valence-electron chi connectivity index (χ3n) is 4.24. The summed E-state index contributed by atoms with van der Waals surface area (Å²) in [5.74, 6) is 0.787. The molecule has 0 fully saturated rings. The molecule has 2 aromatic carbocycles. The molecule has 3 aromatic rings. The van der Waals surface area contributed by atoms with Crippen molar-refractivity contribution in [2.45, 2.75) is 6.54 Å². The Morgan fingerprint density at radius 2 is 1.90 bits per heavy atom. The van der Waals surface area contributed by atoms with Crippen molar-refractivity contribution in [3.63, 3.8) is 0 Å². The van der Waals surface area contributed by atoms with Crippen molar-refractivity contribution in [2.24, 2.45) is 0 Å². The van der Waals surface area contributed by atoms with E-state index in [-0.39, 0.29) is 18.1 Å². The molecule has 0 unspecified atom stereocenters. The van der Waals surface area contributed by atoms with Crippen molar-refractivity contribution in [2.75, 3.05) is 19.5 Å². The van der Waals surface area contributed by atoms with Crippen LogP contribution in [0, 0.1) is 0 Å². The van der Waals surface area contributed by atoms with Crippen molar-refractivity contribution in [3.8, 4) is 22.9 Å². The minimum absolute atomic E-state index is 0.0306. The highest BCUT2D eigenvalue weighted by Crippen LogP contribution is 2.31. The number of methoxy groups -OCH3 is 2. The molecule has 0 aliphatic carbocycles. The molecule has 0 aliphatic rings. The molecule has 8 nitrogen and oxygen atoms in total. The van der Waals surface area contributed by atoms with Crippen LogP contribution >= 0.6 is 0 Å². The van der Waals surface area contributed by atoms with E-state index in [9.17, 15) is 14.4 Å². The van der Waals surface area contributed by atoms with E-state index < -0.39 is 11.5 Å². The summed E-state index contributed by atoms with van der Waals surface area (Å²) in [7, 11) is 3.01. The lowest BCUT2D eigenvalue weighted by Gasteiger charge is -2.15. The second-order valence-electron chi connectivity index (χ2n) is 5.96. The number of rotatable bonds is 7. The Hall–Kier alpha value is -3.94. The standard InChI is InChI=1S/C21H19N3O5/c1-28-15-8-9-16(18(12-15)29-2)19-22-13-17(21(27)24(19)10-11-25)23-20(26)14-6-4-3-5-7-14/h3-9,11-13H,10H2,1-2H3,(H,23,26). The third kappa shape index (κ3) is 4.16. The normalized spacial score (nSPS) is 10.3. The second-order valence-corrected chi connectivity index (χ2v) is 5.96. The summed E-state index contributed by atoms with van der Waals surface area (Å²) in [6.45, 7) is -0.231. The quantitative estimate of drug-likeness (QED) is 0.619. The molecule has 0 atom stereocenters. The fraction of sp³-hybridized carbons (Fsp3) is 0.143. The Balaban J connectivity index is 2.05. The molecule has 29 heavy (non-hydrogen) atoms. The Morgan fingerprint density at radius 1 is 1.14 bits per heavy atom. The van der Waals surface area contributed by atoms with Gasteiger partial charge in [0.2, 0.25) is 0 Å². The van der Waals surface area contributed by atoms with Crippen LogP contribution in [-0.4, -0.2) is 36.0 Å². The number of aldehydes is 1. The van der Waals surface area contributed by atoms with Gasteiger partial charge in [0.25, 0.3) is 11.5 Å². The van der Waals surface area contributed by atoms with Gasteiger partial charge in [-0.25, -0.2) is 4.98 Å². The molecule has 8 heteroatoms. The van der Waals surface area contributed by atoms with Crippen LogP contribution in [-0.2, 0) is 11.3 Å². The first-order valence-corrected chi connectivity index (χ1v) is 8.71. The molecule has 148 valence electrons. The SMILES string of the molecule is COc1ccc(-c2ncc(NC(=O)c3ccccc3)c(=O)n2CC=O)c(OC)c1. The van der Waals surface area contributed by atoms with Crippen LogP contribution in [0.1, 0.15) is 10.4 Å². The lowest BCUT2D eigenvalue weighted by atomic mass is 10.1. The maximum Gasteiger partial charge on any atom is 0.277 e. The predicted molar refractivity (Wildman–Crippen MR) is 107 cm³/mol. The van der Waals surface area contributed by atoms with Crippen molar-refractivity contribution in [1.82, 2.24) is 9.55 Å². The summed E-state index contributed by atoms with van der Waals surface area (Å²) in [4.78, 5) is 40.8. The van der Waals surface area contributed by atoms with Crippen LogP contribution in [0.15, 0.2) is 59.5 Å². The number of nitrogens with one attached hydrogen (secondary N) is 1. The molecule has 1 aromatic heterocycles. The molecule has 0 saturated carbocycles. The van der Waals surface area contributed by atoms with Crippen LogP contribution in [0.2, 0.25) is 0 Å². The average Bonchev–Trinajstić information content (AvgIpc) is 2.77. The number of hydrogen-bond donors (Lipinski definition) is 1. The lowest BCUT2D eigenvalue weighted by molar-refractivity contribution is -0.108. The van der Waals surface area contributed by atoms with Crippen molar-refractivity contribution < 1.29 is 19.1 Å². The number of anilines is 1. The summed E-state index contributed by atoms with van der Waals surface area (Å²) in [5.41, 5.74) is 0.323. The van der Waals surface area contributed by atoms with E-state index >= 15 is 0 Å². The van der Waals surface area contributed by atoms with Gasteiger partial charge in [0, 0.05) is 11.6 Å². The van der Waals surface area contributed by atoms with E-state index in [0.29, 0.717) is 28.9 Å². The summed E-state index contributed by atoms with van der Waals surface area (Å²) in [6, 6.07) is 13.5. The Kier molecular flexibility index (Phi) is 6.03. The van der Waals surface area contributed by atoms with Gasteiger partial charge in [-0.3, -0.25) is 14.2 Å². The summed E-state index contributed by atoms with van der Waals surface area (Å²) >= 11 is 0. The number of carbonyl (C=O) groups is 2. The molecule has 0 bridgehead atoms. The van der Waals surface area contributed by atoms with Crippen LogP contribution < -0.4 is 20.3 Å². The van der Waals surface area contributed by atoms with Crippen molar-refractivity contribution in [3.05, 3.63) is 70.6 Å². The summed E-state index contributed by atoms with van der Waals surface area (Å²) in [6.07, 6.45) is 1.86. The zero-order valence-corrected chi connectivity index (χ0v) is 15.9. The first kappa shape index (κ1) is 19.8. The van der Waals surface area contributed by atoms with Gasteiger partial charge in [-0.1, -0.05) is 18.2 Å². The smallest absolute Gasteiger partial charge is 0.277 e. The molecule has 0 radical (unpaired) electrons. The van der Waals surface area contributed by atoms with Gasteiger partial charge in [-0.2, -0.15) is 0 Å². The van der Waals surface area contributed by atoms with E-state index in [4.69, 9.17) is 9.47 Å². The maximum atomic E-state index is 12.9. The molecule has 0 saturated heterocycles. The van der Waals surface area contributed by atoms with Gasteiger partial charge in [0.1, 0.15) is 29.3 Å². The Morgan fingerprint density at radius 3 is 2.55 bits per heavy atom. The Bertz CT molecular complexity index is 1090. The largest absolute Gasteiger partial charge is 0.497 e. The summed E-state index contributed by atoms with van der Waals surface area (Å²) < 4.78 is 11.7. The molecule has 0 spiro atoms. The summed E-state index contributed by atoms with van der Waals surface area (Å²) in [5, 5.41) is 2.55. The van der Waals surface area contributed by atoms with Crippen molar-refractivity contribution >= 4 is 17.9 Å². The zero-order chi connectivity index (χ0) is 20.8. The number of amides is 1. The average molecular weight is 393 g/mol. The van der Waals surface area contributed by atoms with Crippen molar-refractivity contribution in [1.29, 1.82) is 0 Å². The van der Waals surface area contributed by atoms with E-state index in [1.165, 1.54) is 25.0 Å². The highest BCUT2D eigenvalue weighted by Gasteiger charge is 2.17. The van der Waals surface area contributed by atoms with Crippen LogP contribution in [0.3, 0.4) is 0 Å². The number of carbonyl (C=O) groups excluding carboxylic acids is 2. The molecular formula is C21H19N3O5. The van der Waals surface area contributed by atoms with Crippen LogP contribution in [0.4, 0.5) is 5.69 Å². The number of hydrogen-bond acceptors (Lipinski definition) is 6. The van der Waals surface area contributed by atoms with Gasteiger partial charge in [-0.05, 0) is 24.3 Å². The van der Waals surface area contributed by atoms with E-state index in [1.807, 2.05) is 0 Å².